The van der Waals surface area contributed by atoms with Gasteiger partial charge in [0.2, 0.25) is 0 Å². The second kappa shape index (κ2) is 13.3. The standard InChI is InChI=1S/C39H42O2/c1-3-5-7-16-26-39(27-17-8-6-4-2)35-23-15-14-20-31(35)32-25-24-30(28-36(32)39)38(41)34-22-13-12-21-33(34)37(40)29-18-10-9-11-19-29/h9-15,18-25,28H,3-8,16-17,26-27H2,1-2H3. The molecule has 4 aromatic carbocycles. The van der Waals surface area contributed by atoms with Crippen molar-refractivity contribution in [3.05, 3.63) is 130 Å². The number of carbonyl (C=O) groups excluding carboxylic acids is 2. The van der Waals surface area contributed by atoms with Gasteiger partial charge in [-0.05, 0) is 41.2 Å². The van der Waals surface area contributed by atoms with Crippen LogP contribution in [0.5, 0.6) is 0 Å². The molecular weight excluding hydrogens is 500 g/mol. The summed E-state index contributed by atoms with van der Waals surface area (Å²) in [5.41, 5.74) is 7.39. The fraction of sp³-hybridized carbons (Fsp3) is 0.333. The summed E-state index contributed by atoms with van der Waals surface area (Å²) in [4.78, 5) is 27.6. The molecule has 210 valence electrons. The minimum atomic E-state index is -0.121. The zero-order chi connectivity index (χ0) is 28.7. The van der Waals surface area contributed by atoms with E-state index in [9.17, 15) is 9.59 Å². The van der Waals surface area contributed by atoms with Crippen LogP contribution in [0.15, 0.2) is 97.1 Å². The Balaban J connectivity index is 1.56. The number of hydrogen-bond acceptors (Lipinski definition) is 2. The van der Waals surface area contributed by atoms with Gasteiger partial charge >= 0.3 is 0 Å². The molecule has 41 heavy (non-hydrogen) atoms. The smallest absolute Gasteiger partial charge is 0.193 e. The topological polar surface area (TPSA) is 34.1 Å². The largest absolute Gasteiger partial charge is 0.289 e. The summed E-state index contributed by atoms with van der Waals surface area (Å²) in [5.74, 6) is -0.209. The number of rotatable bonds is 14. The molecular formula is C39H42O2. The van der Waals surface area contributed by atoms with E-state index in [1.807, 2.05) is 48.5 Å². The molecule has 0 amide bonds. The second-order valence-electron chi connectivity index (χ2n) is 11.6. The van der Waals surface area contributed by atoms with E-state index in [2.05, 4.69) is 50.2 Å². The SMILES string of the molecule is CCCCCCC1(CCCCCC)c2ccccc2-c2ccc(C(=O)c3ccccc3C(=O)c3ccccc3)cc21. The Morgan fingerprint density at radius 3 is 1.68 bits per heavy atom. The van der Waals surface area contributed by atoms with Crippen LogP contribution < -0.4 is 0 Å². The van der Waals surface area contributed by atoms with Crippen LogP contribution in [0.2, 0.25) is 0 Å². The van der Waals surface area contributed by atoms with Crippen LogP contribution in [0, 0.1) is 0 Å². The van der Waals surface area contributed by atoms with E-state index in [0.717, 1.165) is 12.8 Å². The molecule has 2 nitrogen and oxygen atoms in total. The second-order valence-corrected chi connectivity index (χ2v) is 11.6. The number of ketones is 2. The van der Waals surface area contributed by atoms with Crippen molar-refractivity contribution in [2.24, 2.45) is 0 Å². The molecule has 0 heterocycles. The third kappa shape index (κ3) is 5.84. The van der Waals surface area contributed by atoms with Gasteiger partial charge in [-0.2, -0.15) is 0 Å². The monoisotopic (exact) mass is 542 g/mol. The van der Waals surface area contributed by atoms with Gasteiger partial charge in [0.25, 0.3) is 0 Å². The van der Waals surface area contributed by atoms with E-state index in [-0.39, 0.29) is 17.0 Å². The molecule has 0 atom stereocenters. The Morgan fingerprint density at radius 2 is 1.05 bits per heavy atom. The molecule has 0 bridgehead atoms. The lowest BCUT2D eigenvalue weighted by Crippen LogP contribution is -2.26. The summed E-state index contributed by atoms with van der Waals surface area (Å²) in [6.45, 7) is 4.53. The molecule has 5 rings (SSSR count). The van der Waals surface area contributed by atoms with Gasteiger partial charge in [0, 0.05) is 27.7 Å². The maximum absolute atomic E-state index is 14.1. The molecule has 0 radical (unpaired) electrons. The highest BCUT2D eigenvalue weighted by Gasteiger charge is 2.42. The highest BCUT2D eigenvalue weighted by atomic mass is 16.1. The van der Waals surface area contributed by atoms with Gasteiger partial charge in [0.05, 0.1) is 0 Å². The highest BCUT2D eigenvalue weighted by molar-refractivity contribution is 6.19. The normalized spacial score (nSPS) is 13.0. The fourth-order valence-electron chi connectivity index (χ4n) is 6.75. The van der Waals surface area contributed by atoms with Gasteiger partial charge in [0.1, 0.15) is 0 Å². The van der Waals surface area contributed by atoms with Gasteiger partial charge in [0.15, 0.2) is 11.6 Å². The molecule has 1 aliphatic carbocycles. The van der Waals surface area contributed by atoms with E-state index in [4.69, 9.17) is 0 Å². The zero-order valence-corrected chi connectivity index (χ0v) is 24.6. The average molecular weight is 543 g/mol. The van der Waals surface area contributed by atoms with Gasteiger partial charge in [-0.15, -0.1) is 0 Å². The predicted molar refractivity (Wildman–Crippen MR) is 170 cm³/mol. The molecule has 1 aliphatic rings. The summed E-state index contributed by atoms with van der Waals surface area (Å²) in [7, 11) is 0. The molecule has 0 N–H and O–H groups in total. The molecule has 0 saturated heterocycles. The fourth-order valence-corrected chi connectivity index (χ4v) is 6.75. The Bertz CT molecular complexity index is 1490. The zero-order valence-electron chi connectivity index (χ0n) is 24.6. The first-order valence-corrected chi connectivity index (χ1v) is 15.6. The summed E-state index contributed by atoms with van der Waals surface area (Å²) in [6.07, 6.45) is 12.0. The maximum Gasteiger partial charge on any atom is 0.193 e. The lowest BCUT2D eigenvalue weighted by Gasteiger charge is -2.33. The average Bonchev–Trinajstić information content (AvgIpc) is 3.30. The third-order valence-electron chi connectivity index (χ3n) is 8.90. The number of fused-ring (bicyclic) bond motifs is 3. The summed E-state index contributed by atoms with van der Waals surface area (Å²) < 4.78 is 0. The van der Waals surface area contributed by atoms with Crippen molar-refractivity contribution in [1.82, 2.24) is 0 Å². The summed E-state index contributed by atoms with van der Waals surface area (Å²) >= 11 is 0. The van der Waals surface area contributed by atoms with Gasteiger partial charge in [-0.25, -0.2) is 0 Å². The molecule has 4 aromatic rings. The molecule has 0 aromatic heterocycles. The third-order valence-corrected chi connectivity index (χ3v) is 8.90. The molecule has 2 heteroatoms. The first-order chi connectivity index (χ1) is 20.1. The maximum atomic E-state index is 14.1. The van der Waals surface area contributed by atoms with Crippen molar-refractivity contribution in [1.29, 1.82) is 0 Å². The van der Waals surface area contributed by atoms with Crippen molar-refractivity contribution in [2.45, 2.75) is 83.5 Å². The Kier molecular flexibility index (Phi) is 9.29. The van der Waals surface area contributed by atoms with Crippen molar-refractivity contribution >= 4 is 11.6 Å². The Morgan fingerprint density at radius 1 is 0.512 bits per heavy atom. The number of carbonyl (C=O) groups is 2. The van der Waals surface area contributed by atoms with Gasteiger partial charge in [-0.1, -0.05) is 156 Å². The molecule has 0 spiro atoms. The van der Waals surface area contributed by atoms with Gasteiger partial charge < -0.3 is 0 Å². The lowest BCUT2D eigenvalue weighted by atomic mass is 9.70. The predicted octanol–water partition coefficient (Wildman–Crippen LogP) is 10.4. The van der Waals surface area contributed by atoms with Crippen LogP contribution in [0.4, 0.5) is 0 Å². The van der Waals surface area contributed by atoms with Crippen molar-refractivity contribution in [2.75, 3.05) is 0 Å². The quantitative estimate of drug-likeness (QED) is 0.117. The highest BCUT2D eigenvalue weighted by Crippen LogP contribution is 2.54. The van der Waals surface area contributed by atoms with Gasteiger partial charge in [-0.3, -0.25) is 9.59 Å². The number of hydrogen-bond donors (Lipinski definition) is 0. The molecule has 0 fully saturated rings. The Labute approximate surface area is 245 Å². The molecule has 0 unspecified atom stereocenters. The number of benzene rings is 4. The minimum Gasteiger partial charge on any atom is -0.289 e. The van der Waals surface area contributed by atoms with Crippen LogP contribution in [-0.4, -0.2) is 11.6 Å². The van der Waals surface area contributed by atoms with Crippen LogP contribution in [-0.2, 0) is 5.41 Å². The summed E-state index contributed by atoms with van der Waals surface area (Å²) in [6, 6.07) is 31.7. The van der Waals surface area contributed by atoms with E-state index < -0.39 is 0 Å². The van der Waals surface area contributed by atoms with Crippen LogP contribution in [0.1, 0.15) is 121 Å². The van der Waals surface area contributed by atoms with Crippen molar-refractivity contribution < 1.29 is 9.59 Å². The van der Waals surface area contributed by atoms with Crippen molar-refractivity contribution in [3.8, 4) is 11.1 Å². The van der Waals surface area contributed by atoms with Crippen LogP contribution in [0.3, 0.4) is 0 Å². The first-order valence-electron chi connectivity index (χ1n) is 15.6. The van der Waals surface area contributed by atoms with Crippen LogP contribution in [0.25, 0.3) is 11.1 Å². The van der Waals surface area contributed by atoms with E-state index in [1.54, 1.807) is 12.1 Å². The first kappa shape index (κ1) is 28.7. The van der Waals surface area contributed by atoms with E-state index in [0.29, 0.717) is 22.3 Å². The summed E-state index contributed by atoms with van der Waals surface area (Å²) in [5, 5.41) is 0. The van der Waals surface area contributed by atoms with E-state index >= 15 is 0 Å². The van der Waals surface area contributed by atoms with E-state index in [1.165, 1.54) is 73.6 Å². The Hall–Kier alpha value is -3.78. The minimum absolute atomic E-state index is 0.0803. The molecule has 0 aliphatic heterocycles. The number of unbranched alkanes of at least 4 members (excludes halogenated alkanes) is 6. The molecule has 0 saturated carbocycles. The van der Waals surface area contributed by atoms with Crippen molar-refractivity contribution in [3.63, 3.8) is 0 Å². The van der Waals surface area contributed by atoms with Crippen LogP contribution >= 0.6 is 0 Å². The lowest BCUT2D eigenvalue weighted by molar-refractivity contribution is 0.100.